The van der Waals surface area contributed by atoms with Crippen LogP contribution in [0.5, 0.6) is 0 Å². The average Bonchev–Trinajstić information content (AvgIpc) is 2.07. The highest BCUT2D eigenvalue weighted by Gasteiger charge is 1.95. The number of rotatable bonds is 0. The molecular formula is C13H16. The maximum absolute atomic E-state index is 2.24. The van der Waals surface area contributed by atoms with Crippen LogP contribution in [0, 0.1) is 13.8 Å². The maximum Gasteiger partial charge on any atom is -0.0181 e. The summed E-state index contributed by atoms with van der Waals surface area (Å²) in [6.07, 6.45) is 0. The molecule has 13 heavy (non-hydrogen) atoms. The van der Waals surface area contributed by atoms with Gasteiger partial charge < -0.3 is 0 Å². The van der Waals surface area contributed by atoms with Crippen molar-refractivity contribution >= 4 is 10.8 Å². The Labute approximate surface area is 80.2 Å². The van der Waals surface area contributed by atoms with Crippen LogP contribution in [0.2, 0.25) is 0 Å². The van der Waals surface area contributed by atoms with Gasteiger partial charge in [0.2, 0.25) is 0 Å². The number of benzene rings is 2. The van der Waals surface area contributed by atoms with Gasteiger partial charge in [0.15, 0.2) is 0 Å². The molecule has 0 atom stereocenters. The summed E-state index contributed by atoms with van der Waals surface area (Å²) in [6, 6.07) is 13.0. The molecule has 0 unspecified atom stereocenters. The monoisotopic (exact) mass is 172 g/mol. The van der Waals surface area contributed by atoms with Crippen molar-refractivity contribution in [3.05, 3.63) is 47.5 Å². The van der Waals surface area contributed by atoms with Gasteiger partial charge in [-0.15, -0.1) is 0 Å². The van der Waals surface area contributed by atoms with E-state index in [0.717, 1.165) is 0 Å². The molecule has 0 aliphatic heterocycles. The molecule has 0 nitrogen and oxygen atoms in total. The molecular weight excluding hydrogens is 156 g/mol. The van der Waals surface area contributed by atoms with Gasteiger partial charge in [0.05, 0.1) is 0 Å². The molecule has 0 radical (unpaired) electrons. The number of hydrogen-bond acceptors (Lipinski definition) is 0. The van der Waals surface area contributed by atoms with Crippen LogP contribution in [0.15, 0.2) is 36.4 Å². The summed E-state index contributed by atoms with van der Waals surface area (Å²) < 4.78 is 0. The van der Waals surface area contributed by atoms with Crippen LogP contribution in [-0.2, 0) is 0 Å². The fourth-order valence-corrected chi connectivity index (χ4v) is 1.47. The van der Waals surface area contributed by atoms with E-state index in [1.165, 1.54) is 21.9 Å². The Morgan fingerprint density at radius 1 is 0.769 bits per heavy atom. The molecule has 2 aromatic rings. The summed E-state index contributed by atoms with van der Waals surface area (Å²) in [5.74, 6) is 0. The van der Waals surface area contributed by atoms with Crippen LogP contribution < -0.4 is 0 Å². The van der Waals surface area contributed by atoms with Gasteiger partial charge in [-0.2, -0.15) is 0 Å². The third-order valence-electron chi connectivity index (χ3n) is 2.36. The standard InChI is InChI=1S/C12H12.CH4/c1-9-7-11-5-3-4-6-12(11)8-10(9)2;/h3-8H,1-2H3;1H4. The molecule has 0 spiro atoms. The van der Waals surface area contributed by atoms with Crippen molar-refractivity contribution in [2.24, 2.45) is 0 Å². The van der Waals surface area contributed by atoms with Crippen molar-refractivity contribution in [1.29, 1.82) is 0 Å². The van der Waals surface area contributed by atoms with Gasteiger partial charge in [0.1, 0.15) is 0 Å². The zero-order valence-electron chi connectivity index (χ0n) is 7.46. The predicted molar refractivity (Wildman–Crippen MR) is 60.2 cm³/mol. The molecule has 0 amide bonds. The van der Waals surface area contributed by atoms with E-state index in [0.29, 0.717) is 0 Å². The molecule has 0 bridgehead atoms. The highest BCUT2D eigenvalue weighted by atomic mass is 14.0. The molecule has 2 rings (SSSR count). The summed E-state index contributed by atoms with van der Waals surface area (Å²) in [4.78, 5) is 0. The van der Waals surface area contributed by atoms with Gasteiger partial charge in [0, 0.05) is 0 Å². The van der Waals surface area contributed by atoms with E-state index in [-0.39, 0.29) is 7.43 Å². The van der Waals surface area contributed by atoms with Crippen LogP contribution >= 0.6 is 0 Å². The smallest absolute Gasteiger partial charge is 0.0181 e. The van der Waals surface area contributed by atoms with Crippen molar-refractivity contribution in [3.8, 4) is 0 Å². The predicted octanol–water partition coefficient (Wildman–Crippen LogP) is 4.09. The first-order valence-corrected chi connectivity index (χ1v) is 4.23. The molecule has 0 heteroatoms. The van der Waals surface area contributed by atoms with Gasteiger partial charge in [-0.25, -0.2) is 0 Å². The molecule has 0 N–H and O–H groups in total. The van der Waals surface area contributed by atoms with Crippen molar-refractivity contribution in [2.75, 3.05) is 0 Å². The Morgan fingerprint density at radius 2 is 1.15 bits per heavy atom. The van der Waals surface area contributed by atoms with Gasteiger partial charge in [-0.3, -0.25) is 0 Å². The first-order chi connectivity index (χ1) is 5.77. The lowest BCUT2D eigenvalue weighted by molar-refractivity contribution is 1.37. The first-order valence-electron chi connectivity index (χ1n) is 4.23. The number of aryl methyl sites for hydroxylation is 2. The lowest BCUT2D eigenvalue weighted by atomic mass is 10.0. The molecule has 0 saturated heterocycles. The van der Waals surface area contributed by atoms with Gasteiger partial charge in [-0.05, 0) is 35.7 Å². The molecule has 0 saturated carbocycles. The molecule has 0 aliphatic carbocycles. The van der Waals surface area contributed by atoms with E-state index in [4.69, 9.17) is 0 Å². The van der Waals surface area contributed by atoms with Crippen LogP contribution in [-0.4, -0.2) is 0 Å². The Bertz CT molecular complexity index is 373. The lowest BCUT2D eigenvalue weighted by Crippen LogP contribution is -1.80. The van der Waals surface area contributed by atoms with Crippen molar-refractivity contribution in [1.82, 2.24) is 0 Å². The summed E-state index contributed by atoms with van der Waals surface area (Å²) in [5, 5.41) is 2.67. The second-order valence-corrected chi connectivity index (χ2v) is 3.28. The lowest BCUT2D eigenvalue weighted by Gasteiger charge is -2.02. The van der Waals surface area contributed by atoms with Crippen LogP contribution in [0.3, 0.4) is 0 Å². The molecule has 0 heterocycles. The fourth-order valence-electron chi connectivity index (χ4n) is 1.47. The van der Waals surface area contributed by atoms with Gasteiger partial charge in [0.25, 0.3) is 0 Å². The molecule has 68 valence electrons. The molecule has 2 aromatic carbocycles. The Morgan fingerprint density at radius 3 is 1.54 bits per heavy atom. The highest BCUT2D eigenvalue weighted by Crippen LogP contribution is 2.18. The van der Waals surface area contributed by atoms with Crippen molar-refractivity contribution in [2.45, 2.75) is 21.3 Å². The van der Waals surface area contributed by atoms with Gasteiger partial charge >= 0.3 is 0 Å². The SMILES string of the molecule is C.Cc1cc2ccccc2cc1C. The quantitative estimate of drug-likeness (QED) is 0.561. The zero-order valence-corrected chi connectivity index (χ0v) is 7.46. The minimum absolute atomic E-state index is 0. The molecule has 0 aromatic heterocycles. The van der Waals surface area contributed by atoms with Gasteiger partial charge in [-0.1, -0.05) is 43.8 Å². The van der Waals surface area contributed by atoms with Crippen LogP contribution in [0.1, 0.15) is 18.6 Å². The summed E-state index contributed by atoms with van der Waals surface area (Å²) in [7, 11) is 0. The minimum atomic E-state index is 0. The van der Waals surface area contributed by atoms with E-state index in [2.05, 4.69) is 50.2 Å². The Kier molecular flexibility index (Phi) is 2.72. The summed E-state index contributed by atoms with van der Waals surface area (Å²) >= 11 is 0. The average molecular weight is 172 g/mol. The van der Waals surface area contributed by atoms with Crippen LogP contribution in [0.25, 0.3) is 10.8 Å². The van der Waals surface area contributed by atoms with E-state index >= 15 is 0 Å². The Balaban J connectivity index is 0.000000845. The van der Waals surface area contributed by atoms with Crippen LogP contribution in [0.4, 0.5) is 0 Å². The topological polar surface area (TPSA) is 0 Å². The van der Waals surface area contributed by atoms with E-state index in [9.17, 15) is 0 Å². The van der Waals surface area contributed by atoms with Crippen molar-refractivity contribution < 1.29 is 0 Å². The Hall–Kier alpha value is -1.30. The second-order valence-electron chi connectivity index (χ2n) is 3.28. The third kappa shape index (κ3) is 1.72. The minimum Gasteiger partial charge on any atom is -0.0776 e. The summed E-state index contributed by atoms with van der Waals surface area (Å²) in [6.45, 7) is 4.31. The number of hydrogen-bond donors (Lipinski definition) is 0. The maximum atomic E-state index is 2.24. The number of fused-ring (bicyclic) bond motifs is 1. The van der Waals surface area contributed by atoms with E-state index < -0.39 is 0 Å². The molecule has 0 aliphatic rings. The largest absolute Gasteiger partial charge is 0.0776 e. The zero-order chi connectivity index (χ0) is 8.55. The van der Waals surface area contributed by atoms with E-state index in [1.807, 2.05) is 0 Å². The molecule has 0 fully saturated rings. The van der Waals surface area contributed by atoms with Crippen molar-refractivity contribution in [3.63, 3.8) is 0 Å². The highest BCUT2D eigenvalue weighted by molar-refractivity contribution is 5.83. The third-order valence-corrected chi connectivity index (χ3v) is 2.36. The normalized spacial score (nSPS) is 9.69. The first kappa shape index (κ1) is 9.79. The van der Waals surface area contributed by atoms with E-state index in [1.54, 1.807) is 0 Å². The fraction of sp³-hybridized carbons (Fsp3) is 0.231. The summed E-state index contributed by atoms with van der Waals surface area (Å²) in [5.41, 5.74) is 2.74. The second kappa shape index (κ2) is 3.61.